The van der Waals surface area contributed by atoms with Crippen molar-refractivity contribution in [2.24, 2.45) is 0 Å². The van der Waals surface area contributed by atoms with Crippen LogP contribution in [-0.4, -0.2) is 22.9 Å². The summed E-state index contributed by atoms with van der Waals surface area (Å²) in [6.07, 6.45) is 4.98. The monoisotopic (exact) mass is 324 g/mol. The first-order valence-electron chi connectivity index (χ1n) is 7.64. The van der Waals surface area contributed by atoms with E-state index in [1.54, 1.807) is 16.3 Å². The number of amides is 2. The predicted octanol–water partition coefficient (Wildman–Crippen LogP) is 2.82. The van der Waals surface area contributed by atoms with Crippen molar-refractivity contribution in [1.29, 1.82) is 0 Å². The molecule has 116 valence electrons. The number of nitrogens with zero attached hydrogens (tertiary/aromatic N) is 1. The molecule has 5 heteroatoms. The van der Waals surface area contributed by atoms with Crippen LogP contribution in [0.3, 0.4) is 0 Å². The minimum absolute atomic E-state index is 0.0428. The average Bonchev–Trinajstić information content (AvgIpc) is 3.28. The Morgan fingerprint density at radius 2 is 1.91 bits per heavy atom. The molecule has 2 aromatic rings. The molecule has 23 heavy (non-hydrogen) atoms. The highest BCUT2D eigenvalue weighted by atomic mass is 32.1. The summed E-state index contributed by atoms with van der Waals surface area (Å²) in [5.74, 6) is -0.982. The maximum absolute atomic E-state index is 12.8. The summed E-state index contributed by atoms with van der Waals surface area (Å²) in [5, 5.41) is 3.58. The van der Waals surface area contributed by atoms with Crippen LogP contribution in [0.2, 0.25) is 0 Å². The van der Waals surface area contributed by atoms with Crippen molar-refractivity contribution in [3.05, 3.63) is 70.4 Å². The lowest BCUT2D eigenvalue weighted by Gasteiger charge is -2.28. The first-order chi connectivity index (χ1) is 11.3. The molecule has 0 radical (unpaired) electrons. The van der Waals surface area contributed by atoms with Crippen molar-refractivity contribution < 1.29 is 9.59 Å². The molecule has 4 rings (SSSR count). The number of hydrazine groups is 1. The van der Waals surface area contributed by atoms with Crippen LogP contribution in [0.15, 0.2) is 60.0 Å². The molecule has 2 heterocycles. The van der Waals surface area contributed by atoms with Gasteiger partial charge in [-0.05, 0) is 23.4 Å². The average molecular weight is 324 g/mol. The number of carbonyl (C=O) groups excluding carboxylic acids is 2. The zero-order valence-electron chi connectivity index (χ0n) is 12.4. The molecule has 1 fully saturated rings. The van der Waals surface area contributed by atoms with Crippen molar-refractivity contribution in [2.75, 3.05) is 0 Å². The first kappa shape index (κ1) is 14.2. The number of thiophene rings is 1. The van der Waals surface area contributed by atoms with E-state index in [9.17, 15) is 9.59 Å². The molecule has 0 spiro atoms. The molecule has 0 bridgehead atoms. The third-order valence-corrected chi connectivity index (χ3v) is 5.42. The van der Waals surface area contributed by atoms with Gasteiger partial charge in [0.1, 0.15) is 5.92 Å². The van der Waals surface area contributed by atoms with Crippen LogP contribution in [0.5, 0.6) is 0 Å². The van der Waals surface area contributed by atoms with Gasteiger partial charge in [-0.25, -0.2) is 5.01 Å². The van der Waals surface area contributed by atoms with Gasteiger partial charge >= 0.3 is 0 Å². The maximum atomic E-state index is 12.8. The van der Waals surface area contributed by atoms with Crippen LogP contribution in [0.1, 0.15) is 28.7 Å². The summed E-state index contributed by atoms with van der Waals surface area (Å²) < 4.78 is 0. The van der Waals surface area contributed by atoms with Gasteiger partial charge in [-0.15, -0.1) is 11.3 Å². The molecule has 1 aromatic carbocycles. The van der Waals surface area contributed by atoms with E-state index < -0.39 is 5.92 Å². The van der Waals surface area contributed by atoms with Gasteiger partial charge in [0, 0.05) is 10.8 Å². The van der Waals surface area contributed by atoms with Gasteiger partial charge in [-0.2, -0.15) is 0 Å². The molecule has 1 N–H and O–H groups in total. The van der Waals surface area contributed by atoms with Crippen LogP contribution in [0, 0.1) is 0 Å². The second-order valence-electron chi connectivity index (χ2n) is 5.80. The summed E-state index contributed by atoms with van der Waals surface area (Å²) in [5.41, 5.74) is 3.54. The zero-order chi connectivity index (χ0) is 15.8. The van der Waals surface area contributed by atoms with Crippen LogP contribution >= 0.6 is 11.3 Å². The summed E-state index contributed by atoms with van der Waals surface area (Å²) >= 11 is 1.68. The smallest absolute Gasteiger partial charge is 0.258 e. The molecule has 2 amide bonds. The Kier molecular flexibility index (Phi) is 3.50. The Morgan fingerprint density at radius 1 is 1.09 bits per heavy atom. The normalized spacial score (nSPS) is 26.8. The first-order valence-corrected chi connectivity index (χ1v) is 8.52. The molecule has 1 unspecified atom stereocenters. The fraction of sp³-hybridized carbons (Fsp3) is 0.222. The lowest BCUT2D eigenvalue weighted by atomic mass is 9.97. The number of nitrogens with one attached hydrogen (secondary N) is 1. The summed E-state index contributed by atoms with van der Waals surface area (Å²) in [7, 11) is 0. The summed E-state index contributed by atoms with van der Waals surface area (Å²) in [6, 6.07) is 13.3. The third-order valence-electron chi connectivity index (χ3n) is 4.45. The quantitative estimate of drug-likeness (QED) is 0.697. The van der Waals surface area contributed by atoms with Crippen molar-refractivity contribution >= 4 is 23.2 Å². The predicted molar refractivity (Wildman–Crippen MR) is 88.8 cm³/mol. The number of hydrogen-bond acceptors (Lipinski definition) is 3. The molecular weight excluding hydrogens is 308 g/mol. The zero-order valence-corrected chi connectivity index (χ0v) is 13.2. The van der Waals surface area contributed by atoms with Crippen LogP contribution in [0.25, 0.3) is 0 Å². The van der Waals surface area contributed by atoms with Crippen LogP contribution < -0.4 is 5.43 Å². The highest BCUT2D eigenvalue weighted by Gasteiger charge is 2.45. The van der Waals surface area contributed by atoms with Crippen molar-refractivity contribution in [1.82, 2.24) is 10.4 Å². The van der Waals surface area contributed by atoms with Gasteiger partial charge in [0.2, 0.25) is 0 Å². The Bertz CT molecular complexity index is 755. The fourth-order valence-electron chi connectivity index (χ4n) is 3.35. The van der Waals surface area contributed by atoms with E-state index in [0.717, 1.165) is 12.0 Å². The van der Waals surface area contributed by atoms with Gasteiger partial charge in [-0.3, -0.25) is 15.0 Å². The van der Waals surface area contributed by atoms with Crippen molar-refractivity contribution in [2.45, 2.75) is 24.3 Å². The number of rotatable bonds is 3. The molecule has 1 aliphatic carbocycles. The van der Waals surface area contributed by atoms with Crippen LogP contribution in [-0.2, 0) is 9.59 Å². The second-order valence-corrected chi connectivity index (χ2v) is 6.78. The van der Waals surface area contributed by atoms with Gasteiger partial charge < -0.3 is 0 Å². The SMILES string of the molecule is O=C1NN([C@H]2CC=C[C@@H]2c2cccs2)C(=O)C1c1ccccc1. The van der Waals surface area contributed by atoms with E-state index in [4.69, 9.17) is 0 Å². The topological polar surface area (TPSA) is 49.4 Å². The molecule has 3 atom stereocenters. The largest absolute Gasteiger partial charge is 0.272 e. The summed E-state index contributed by atoms with van der Waals surface area (Å²) in [4.78, 5) is 26.4. The lowest BCUT2D eigenvalue weighted by molar-refractivity contribution is -0.133. The van der Waals surface area contributed by atoms with Gasteiger partial charge in [0.05, 0.1) is 6.04 Å². The molecular formula is C18H16N2O2S. The molecule has 2 aliphatic rings. The Hall–Kier alpha value is -2.40. The van der Waals surface area contributed by atoms with Gasteiger partial charge in [-0.1, -0.05) is 48.6 Å². The Morgan fingerprint density at radius 3 is 2.65 bits per heavy atom. The number of hydrogen-bond donors (Lipinski definition) is 1. The minimum Gasteiger partial charge on any atom is -0.272 e. The van der Waals surface area contributed by atoms with Crippen molar-refractivity contribution in [3.63, 3.8) is 0 Å². The lowest BCUT2D eigenvalue weighted by Crippen LogP contribution is -2.45. The number of carbonyl (C=O) groups is 2. The third kappa shape index (κ3) is 2.37. The van der Waals surface area contributed by atoms with E-state index >= 15 is 0 Å². The van der Waals surface area contributed by atoms with Gasteiger partial charge in [0.15, 0.2) is 0 Å². The van der Waals surface area contributed by atoms with Crippen LogP contribution in [0.4, 0.5) is 0 Å². The van der Waals surface area contributed by atoms with E-state index in [1.165, 1.54) is 4.88 Å². The minimum atomic E-state index is -0.735. The highest BCUT2D eigenvalue weighted by molar-refractivity contribution is 7.10. The standard InChI is InChI=1S/C18H16N2O2S/c21-17-16(12-6-2-1-3-7-12)18(22)20(19-17)14-9-4-8-13(14)15-10-5-11-23-15/h1-8,10-11,13-14,16H,9H2,(H,19,21)/t13-,14-,16?/m0/s1. The molecule has 1 saturated heterocycles. The Balaban J connectivity index is 1.61. The second kappa shape index (κ2) is 5.66. The molecule has 1 aromatic heterocycles. The van der Waals surface area contributed by atoms with E-state index in [-0.39, 0.29) is 23.8 Å². The number of benzene rings is 1. The summed E-state index contributed by atoms with van der Waals surface area (Å²) in [6.45, 7) is 0. The fourth-order valence-corrected chi connectivity index (χ4v) is 4.21. The van der Waals surface area contributed by atoms with E-state index in [1.807, 2.05) is 41.8 Å². The molecule has 1 aliphatic heterocycles. The van der Waals surface area contributed by atoms with Crippen molar-refractivity contribution in [3.8, 4) is 0 Å². The highest BCUT2D eigenvalue weighted by Crippen LogP contribution is 2.37. The van der Waals surface area contributed by atoms with E-state index in [2.05, 4.69) is 23.6 Å². The maximum Gasteiger partial charge on any atom is 0.258 e. The van der Waals surface area contributed by atoms with Gasteiger partial charge in [0.25, 0.3) is 11.8 Å². The molecule has 4 nitrogen and oxygen atoms in total. The Labute approximate surface area is 138 Å². The molecule has 0 saturated carbocycles. The van der Waals surface area contributed by atoms with E-state index in [0.29, 0.717) is 0 Å².